The van der Waals surface area contributed by atoms with Crippen LogP contribution in [0.3, 0.4) is 0 Å². The molecule has 0 amide bonds. The van der Waals surface area contributed by atoms with Gasteiger partial charge < -0.3 is 10.6 Å². The minimum absolute atomic E-state index is 0.751. The maximum Gasteiger partial charge on any atom is 0.118 e. The molecule has 0 aromatic carbocycles. The molecule has 2 aromatic heterocycles. The van der Waals surface area contributed by atoms with E-state index < -0.39 is 0 Å². The second-order valence-electron chi connectivity index (χ2n) is 2.81. The van der Waals surface area contributed by atoms with Crippen LogP contribution in [0.5, 0.6) is 0 Å². The Morgan fingerprint density at radius 3 is 2.60 bits per heavy atom. The van der Waals surface area contributed by atoms with E-state index in [1.165, 1.54) is 22.7 Å². The SMILES string of the molecule is CNc1cc(Nc2csc(Cl)c2)sc1Cl. The van der Waals surface area contributed by atoms with Crippen LogP contribution in [-0.4, -0.2) is 7.05 Å². The Morgan fingerprint density at radius 2 is 2.07 bits per heavy atom. The van der Waals surface area contributed by atoms with E-state index in [0.29, 0.717) is 0 Å². The molecule has 0 saturated carbocycles. The molecule has 0 radical (unpaired) electrons. The standard InChI is InChI=1S/C9H8Cl2N2S2/c1-12-6-3-8(15-9(6)11)13-5-2-7(10)14-4-5/h2-4,12-13H,1H3. The Hall–Kier alpha value is -0.420. The van der Waals surface area contributed by atoms with Crippen LogP contribution in [0.25, 0.3) is 0 Å². The van der Waals surface area contributed by atoms with Crippen molar-refractivity contribution in [2.45, 2.75) is 0 Å². The monoisotopic (exact) mass is 278 g/mol. The van der Waals surface area contributed by atoms with Crippen molar-refractivity contribution in [1.82, 2.24) is 0 Å². The van der Waals surface area contributed by atoms with Gasteiger partial charge in [0.25, 0.3) is 0 Å². The van der Waals surface area contributed by atoms with E-state index in [9.17, 15) is 0 Å². The third kappa shape index (κ3) is 2.58. The van der Waals surface area contributed by atoms with E-state index in [4.69, 9.17) is 23.2 Å². The van der Waals surface area contributed by atoms with E-state index in [1.807, 2.05) is 24.6 Å². The molecule has 2 aromatic rings. The molecule has 0 bridgehead atoms. The molecular formula is C9H8Cl2N2S2. The highest BCUT2D eigenvalue weighted by Crippen LogP contribution is 2.37. The molecule has 2 rings (SSSR count). The molecule has 0 atom stereocenters. The molecule has 0 aliphatic heterocycles. The number of thiophene rings is 2. The quantitative estimate of drug-likeness (QED) is 0.834. The summed E-state index contributed by atoms with van der Waals surface area (Å²) in [6.07, 6.45) is 0. The van der Waals surface area contributed by atoms with Gasteiger partial charge in [-0.1, -0.05) is 23.2 Å². The first kappa shape index (κ1) is 11.1. The van der Waals surface area contributed by atoms with Gasteiger partial charge in [-0.25, -0.2) is 0 Å². The van der Waals surface area contributed by atoms with Crippen molar-refractivity contribution in [2.24, 2.45) is 0 Å². The van der Waals surface area contributed by atoms with Crippen molar-refractivity contribution in [3.8, 4) is 0 Å². The Bertz CT molecular complexity index is 464. The van der Waals surface area contributed by atoms with Gasteiger partial charge in [-0.05, 0) is 12.1 Å². The summed E-state index contributed by atoms with van der Waals surface area (Å²) in [5.74, 6) is 0. The smallest absolute Gasteiger partial charge is 0.118 e. The number of anilines is 3. The normalized spacial score (nSPS) is 10.3. The summed E-state index contributed by atoms with van der Waals surface area (Å²) in [5.41, 5.74) is 1.93. The minimum Gasteiger partial charge on any atom is -0.386 e. The number of nitrogens with one attached hydrogen (secondary N) is 2. The average molecular weight is 279 g/mol. The van der Waals surface area contributed by atoms with Crippen LogP contribution in [0.1, 0.15) is 0 Å². The van der Waals surface area contributed by atoms with Gasteiger partial charge in [0.2, 0.25) is 0 Å². The average Bonchev–Trinajstić information content (AvgIpc) is 2.73. The van der Waals surface area contributed by atoms with Crippen molar-refractivity contribution in [3.05, 3.63) is 26.2 Å². The lowest BCUT2D eigenvalue weighted by atomic mass is 10.5. The summed E-state index contributed by atoms with van der Waals surface area (Å²) in [6.45, 7) is 0. The molecule has 15 heavy (non-hydrogen) atoms. The van der Waals surface area contributed by atoms with Crippen molar-refractivity contribution >= 4 is 62.3 Å². The van der Waals surface area contributed by atoms with Crippen molar-refractivity contribution in [2.75, 3.05) is 17.7 Å². The van der Waals surface area contributed by atoms with Crippen LogP contribution in [0.15, 0.2) is 17.5 Å². The first-order valence-corrected chi connectivity index (χ1v) is 6.62. The lowest BCUT2D eigenvalue weighted by Gasteiger charge is -1.97. The van der Waals surface area contributed by atoms with Gasteiger partial charge in [-0.3, -0.25) is 0 Å². The van der Waals surface area contributed by atoms with Gasteiger partial charge in [-0.15, -0.1) is 22.7 Å². The molecule has 80 valence electrons. The summed E-state index contributed by atoms with van der Waals surface area (Å²) >= 11 is 14.8. The highest BCUT2D eigenvalue weighted by molar-refractivity contribution is 7.20. The Morgan fingerprint density at radius 1 is 1.27 bits per heavy atom. The molecular weight excluding hydrogens is 271 g/mol. The van der Waals surface area contributed by atoms with Crippen LogP contribution in [0, 0.1) is 0 Å². The third-order valence-electron chi connectivity index (χ3n) is 1.79. The van der Waals surface area contributed by atoms with E-state index in [-0.39, 0.29) is 0 Å². The topological polar surface area (TPSA) is 24.1 Å². The molecule has 0 unspecified atom stereocenters. The highest BCUT2D eigenvalue weighted by atomic mass is 35.5. The van der Waals surface area contributed by atoms with E-state index >= 15 is 0 Å². The van der Waals surface area contributed by atoms with Crippen LogP contribution in [0.4, 0.5) is 16.4 Å². The zero-order chi connectivity index (χ0) is 10.8. The lowest BCUT2D eigenvalue weighted by molar-refractivity contribution is 1.55. The Balaban J connectivity index is 2.17. The van der Waals surface area contributed by atoms with Crippen molar-refractivity contribution in [1.29, 1.82) is 0 Å². The fourth-order valence-corrected chi connectivity index (χ4v) is 3.14. The molecule has 2 heterocycles. The van der Waals surface area contributed by atoms with Gasteiger partial charge in [0.15, 0.2) is 0 Å². The first-order valence-electron chi connectivity index (χ1n) is 4.17. The van der Waals surface area contributed by atoms with Gasteiger partial charge in [0.05, 0.1) is 20.7 Å². The molecule has 6 heteroatoms. The Kier molecular flexibility index (Phi) is 3.41. The fourth-order valence-electron chi connectivity index (χ4n) is 1.12. The molecule has 0 aliphatic rings. The zero-order valence-corrected chi connectivity index (χ0v) is 10.9. The summed E-state index contributed by atoms with van der Waals surface area (Å²) < 4.78 is 1.52. The number of hydrogen-bond acceptors (Lipinski definition) is 4. The predicted molar refractivity (Wildman–Crippen MR) is 71.5 cm³/mol. The zero-order valence-electron chi connectivity index (χ0n) is 7.80. The fraction of sp³-hybridized carbons (Fsp3) is 0.111. The van der Waals surface area contributed by atoms with E-state index in [0.717, 1.165) is 25.0 Å². The first-order chi connectivity index (χ1) is 7.19. The molecule has 2 N–H and O–H groups in total. The van der Waals surface area contributed by atoms with Crippen molar-refractivity contribution in [3.63, 3.8) is 0 Å². The van der Waals surface area contributed by atoms with E-state index in [2.05, 4.69) is 10.6 Å². The second-order valence-corrected chi connectivity index (χ2v) is 6.01. The molecule has 2 nitrogen and oxygen atoms in total. The van der Waals surface area contributed by atoms with Gasteiger partial charge in [-0.2, -0.15) is 0 Å². The van der Waals surface area contributed by atoms with Crippen LogP contribution >= 0.6 is 45.9 Å². The van der Waals surface area contributed by atoms with Gasteiger partial charge in [0, 0.05) is 12.4 Å². The predicted octanol–water partition coefficient (Wildman–Crippen LogP) is 4.90. The highest BCUT2D eigenvalue weighted by Gasteiger charge is 2.06. The van der Waals surface area contributed by atoms with Gasteiger partial charge in [0.1, 0.15) is 4.34 Å². The molecule has 0 saturated heterocycles. The maximum atomic E-state index is 6.01. The maximum absolute atomic E-state index is 6.01. The number of halogens is 2. The molecule has 0 aliphatic carbocycles. The van der Waals surface area contributed by atoms with Crippen LogP contribution in [-0.2, 0) is 0 Å². The molecule has 0 fully saturated rings. The third-order valence-corrected chi connectivity index (χ3v) is 4.16. The van der Waals surface area contributed by atoms with E-state index in [1.54, 1.807) is 0 Å². The minimum atomic E-state index is 0.751. The lowest BCUT2D eigenvalue weighted by Crippen LogP contribution is -1.85. The number of rotatable bonds is 3. The van der Waals surface area contributed by atoms with Crippen LogP contribution in [0.2, 0.25) is 8.67 Å². The summed E-state index contributed by atoms with van der Waals surface area (Å²) in [7, 11) is 1.85. The number of hydrogen-bond donors (Lipinski definition) is 2. The summed E-state index contributed by atoms with van der Waals surface area (Å²) in [5, 5.41) is 9.23. The molecule has 0 spiro atoms. The summed E-state index contributed by atoms with van der Waals surface area (Å²) in [4.78, 5) is 0. The van der Waals surface area contributed by atoms with Crippen molar-refractivity contribution < 1.29 is 0 Å². The van der Waals surface area contributed by atoms with Crippen LogP contribution < -0.4 is 10.6 Å². The second kappa shape index (κ2) is 4.61. The Labute approximate surface area is 106 Å². The summed E-state index contributed by atoms with van der Waals surface area (Å²) in [6, 6.07) is 3.86. The largest absolute Gasteiger partial charge is 0.386 e. The van der Waals surface area contributed by atoms with Gasteiger partial charge >= 0.3 is 0 Å².